The Hall–Kier alpha value is -1.94. The van der Waals surface area contributed by atoms with Crippen LogP contribution >= 0.6 is 11.3 Å². The van der Waals surface area contributed by atoms with Gasteiger partial charge in [0.15, 0.2) is 0 Å². The lowest BCUT2D eigenvalue weighted by Gasteiger charge is -2.22. The van der Waals surface area contributed by atoms with Gasteiger partial charge in [0.25, 0.3) is 10.2 Å². The first-order valence-electron chi connectivity index (χ1n) is 8.81. The maximum atomic E-state index is 12.3. The van der Waals surface area contributed by atoms with Crippen molar-refractivity contribution in [3.05, 3.63) is 46.8 Å². The van der Waals surface area contributed by atoms with E-state index < -0.39 is 27.9 Å². The van der Waals surface area contributed by atoms with Crippen LogP contribution in [0.3, 0.4) is 0 Å². The molecule has 1 aromatic heterocycles. The third-order valence-corrected chi connectivity index (χ3v) is 6.69. The average molecular weight is 426 g/mol. The summed E-state index contributed by atoms with van der Waals surface area (Å²) in [5.74, 6) is 0. The van der Waals surface area contributed by atoms with Crippen molar-refractivity contribution in [1.29, 1.82) is 0 Å². The number of carboxylic acid groups (broad SMARTS) is 1. The van der Waals surface area contributed by atoms with Gasteiger partial charge in [-0.3, -0.25) is 0 Å². The van der Waals surface area contributed by atoms with Gasteiger partial charge in [0.1, 0.15) is 0 Å². The van der Waals surface area contributed by atoms with Crippen LogP contribution in [-0.2, 0) is 16.8 Å². The second-order valence-electron chi connectivity index (χ2n) is 7.69. The molecule has 1 amide bonds. The van der Waals surface area contributed by atoms with Crippen molar-refractivity contribution < 1.29 is 18.3 Å². The molecule has 0 spiro atoms. The fourth-order valence-corrected chi connectivity index (χ4v) is 5.28. The van der Waals surface area contributed by atoms with E-state index in [2.05, 4.69) is 9.44 Å². The number of rotatable bonds is 7. The monoisotopic (exact) mass is 425 g/mol. The number of benzene rings is 1. The molecule has 0 aliphatic heterocycles. The quantitative estimate of drug-likeness (QED) is 0.628. The maximum Gasteiger partial charge on any atom is 0.407 e. The van der Waals surface area contributed by atoms with Gasteiger partial charge in [-0.2, -0.15) is 17.9 Å². The topological polar surface area (TPSA) is 98.7 Å². The summed E-state index contributed by atoms with van der Waals surface area (Å²) >= 11 is 1.48. The van der Waals surface area contributed by atoms with Crippen LogP contribution in [0.5, 0.6) is 0 Å². The molecule has 1 atom stereocenters. The summed E-state index contributed by atoms with van der Waals surface area (Å²) in [4.78, 5) is 14.2. The molecule has 0 fully saturated rings. The summed E-state index contributed by atoms with van der Waals surface area (Å²) < 4.78 is 29.8. The van der Waals surface area contributed by atoms with Crippen molar-refractivity contribution in [2.75, 3.05) is 7.05 Å². The number of amides is 1. The molecule has 9 heteroatoms. The van der Waals surface area contributed by atoms with Crippen molar-refractivity contribution in [3.63, 3.8) is 0 Å². The van der Waals surface area contributed by atoms with Gasteiger partial charge in [-0.1, -0.05) is 24.3 Å². The molecular weight excluding hydrogens is 398 g/mol. The minimum absolute atomic E-state index is 0.274. The van der Waals surface area contributed by atoms with Gasteiger partial charge in [0.2, 0.25) is 0 Å². The smallest absolute Gasteiger partial charge is 0.407 e. The molecule has 0 unspecified atom stereocenters. The van der Waals surface area contributed by atoms with E-state index in [1.807, 2.05) is 36.4 Å². The van der Waals surface area contributed by atoms with Crippen molar-refractivity contribution in [2.45, 2.75) is 45.8 Å². The summed E-state index contributed by atoms with van der Waals surface area (Å²) in [6.45, 7) is 7.42. The van der Waals surface area contributed by atoms with E-state index in [0.29, 0.717) is 0 Å². The Morgan fingerprint density at radius 3 is 2.46 bits per heavy atom. The Balaban J connectivity index is 2.22. The van der Waals surface area contributed by atoms with Gasteiger partial charge in [-0.25, -0.2) is 4.79 Å². The Morgan fingerprint density at radius 1 is 1.21 bits per heavy atom. The van der Waals surface area contributed by atoms with Gasteiger partial charge >= 0.3 is 6.09 Å². The lowest BCUT2D eigenvalue weighted by molar-refractivity contribution is 0.154. The molecule has 28 heavy (non-hydrogen) atoms. The molecule has 0 aliphatic carbocycles. The summed E-state index contributed by atoms with van der Waals surface area (Å²) in [7, 11) is -2.12. The molecule has 3 N–H and O–H groups in total. The molecule has 0 aliphatic rings. The first-order valence-corrected chi connectivity index (χ1v) is 11.1. The third kappa shape index (κ3) is 6.30. The first kappa shape index (κ1) is 22.4. The maximum absolute atomic E-state index is 12.3. The zero-order valence-electron chi connectivity index (χ0n) is 16.7. The van der Waals surface area contributed by atoms with Crippen LogP contribution < -0.4 is 9.44 Å². The van der Waals surface area contributed by atoms with Gasteiger partial charge in [-0.15, -0.1) is 11.3 Å². The lowest BCUT2D eigenvalue weighted by Crippen LogP contribution is -2.47. The number of nitrogens with one attached hydrogen (secondary N) is 2. The van der Waals surface area contributed by atoms with E-state index in [0.717, 1.165) is 20.9 Å². The minimum Gasteiger partial charge on any atom is -0.465 e. The second-order valence-corrected chi connectivity index (χ2v) is 10.3. The third-order valence-electron chi connectivity index (χ3n) is 3.84. The molecular formula is C19H27N3O4S2. The standard InChI is InChI=1S/C19H27N3O4S2/c1-13(20-28(25,26)21-19(2,3)4)16-10-11-17(27-16)15-9-7-6-8-14(15)12-22(5)18(23)24/h6-11,13,20-21H,12H2,1-5H3,(H,23,24)/t13-/m1/s1. The highest BCUT2D eigenvalue weighted by Gasteiger charge is 2.23. The van der Waals surface area contributed by atoms with Crippen LogP contribution in [0.4, 0.5) is 4.79 Å². The predicted octanol–water partition coefficient (Wildman–Crippen LogP) is 3.81. The molecule has 7 nitrogen and oxygen atoms in total. The van der Waals surface area contributed by atoms with Crippen molar-refractivity contribution in [1.82, 2.24) is 14.3 Å². The van der Waals surface area contributed by atoms with Crippen molar-refractivity contribution in [2.24, 2.45) is 0 Å². The SMILES string of the molecule is C[C@@H](NS(=O)(=O)NC(C)(C)C)c1ccc(-c2ccccc2CN(C)C(=O)O)s1. The van der Waals surface area contributed by atoms with Gasteiger partial charge < -0.3 is 10.0 Å². The minimum atomic E-state index is -3.64. The van der Waals surface area contributed by atoms with Crippen molar-refractivity contribution >= 4 is 27.6 Å². The van der Waals surface area contributed by atoms with Gasteiger partial charge in [0.05, 0.1) is 6.04 Å². The lowest BCUT2D eigenvalue weighted by atomic mass is 10.1. The molecule has 154 valence electrons. The Morgan fingerprint density at radius 2 is 1.86 bits per heavy atom. The van der Waals surface area contributed by atoms with E-state index in [9.17, 15) is 13.2 Å². The highest BCUT2D eigenvalue weighted by Crippen LogP contribution is 2.34. The molecule has 2 aromatic rings. The summed E-state index contributed by atoms with van der Waals surface area (Å²) in [6.07, 6.45) is -0.990. The number of hydrogen-bond acceptors (Lipinski definition) is 4. The zero-order valence-corrected chi connectivity index (χ0v) is 18.3. The average Bonchev–Trinajstić information content (AvgIpc) is 3.02. The van der Waals surface area contributed by atoms with Crippen LogP contribution in [0.2, 0.25) is 0 Å². The second kappa shape index (κ2) is 8.60. The normalized spacial score (nSPS) is 13.3. The molecule has 2 rings (SSSR count). The van der Waals surface area contributed by atoms with E-state index >= 15 is 0 Å². The first-order chi connectivity index (χ1) is 12.9. The molecule has 1 aromatic carbocycles. The Kier molecular flexibility index (Phi) is 6.87. The molecule has 0 saturated carbocycles. The van der Waals surface area contributed by atoms with Crippen LogP contribution in [-0.4, -0.2) is 37.1 Å². The van der Waals surface area contributed by atoms with E-state index in [1.54, 1.807) is 27.7 Å². The van der Waals surface area contributed by atoms with Crippen molar-refractivity contribution in [3.8, 4) is 10.4 Å². The number of nitrogens with zero attached hydrogens (tertiary/aromatic N) is 1. The number of thiophene rings is 1. The zero-order chi connectivity index (χ0) is 21.1. The Bertz CT molecular complexity index is 933. The molecule has 0 bridgehead atoms. The summed E-state index contributed by atoms with van der Waals surface area (Å²) in [5.41, 5.74) is 1.26. The van der Waals surface area contributed by atoms with Crippen LogP contribution in [0.25, 0.3) is 10.4 Å². The van der Waals surface area contributed by atoms with Crippen LogP contribution in [0.15, 0.2) is 36.4 Å². The number of carbonyl (C=O) groups is 1. The van der Waals surface area contributed by atoms with E-state index in [4.69, 9.17) is 5.11 Å². The van der Waals surface area contributed by atoms with Gasteiger partial charge in [0, 0.05) is 28.9 Å². The molecule has 1 heterocycles. The van der Waals surface area contributed by atoms with E-state index in [1.165, 1.54) is 23.3 Å². The fraction of sp³-hybridized carbons (Fsp3) is 0.421. The van der Waals surface area contributed by atoms with Crippen LogP contribution in [0, 0.1) is 0 Å². The number of hydrogen-bond donors (Lipinski definition) is 3. The largest absolute Gasteiger partial charge is 0.465 e. The van der Waals surface area contributed by atoms with Gasteiger partial charge in [-0.05, 0) is 51.0 Å². The molecule has 0 radical (unpaired) electrons. The Labute approximate surface area is 170 Å². The highest BCUT2D eigenvalue weighted by molar-refractivity contribution is 7.87. The molecule has 0 saturated heterocycles. The summed E-state index contributed by atoms with van der Waals surface area (Å²) in [6, 6.07) is 11.0. The predicted molar refractivity (Wildman–Crippen MR) is 113 cm³/mol. The van der Waals surface area contributed by atoms with Crippen LogP contribution in [0.1, 0.15) is 44.2 Å². The summed E-state index contributed by atoms with van der Waals surface area (Å²) in [5, 5.41) is 9.13. The highest BCUT2D eigenvalue weighted by atomic mass is 32.2. The van der Waals surface area contributed by atoms with E-state index in [-0.39, 0.29) is 6.54 Å². The fourth-order valence-electron chi connectivity index (χ4n) is 2.68.